The maximum Gasteiger partial charge on any atom is -0.00877 e. The molecule has 120 valence electrons. The van der Waals surface area contributed by atoms with Crippen LogP contribution < -0.4 is 0 Å². The number of rotatable bonds is 2. The van der Waals surface area contributed by atoms with Crippen molar-refractivity contribution in [1.82, 2.24) is 0 Å². The second kappa shape index (κ2) is 6.12. The largest absolute Gasteiger partial charge is 0.203 e. The molecular formula is C21H30S. The van der Waals surface area contributed by atoms with Crippen molar-refractivity contribution in [2.75, 3.05) is 6.26 Å². The first-order chi connectivity index (χ1) is 10.1. The Hall–Kier alpha value is -1.21. The minimum absolute atomic E-state index is 0.226. The average Bonchev–Trinajstić information content (AvgIpc) is 2.45. The molecule has 0 nitrogen and oxygen atoms in total. The molecule has 0 heterocycles. The highest BCUT2D eigenvalue weighted by Crippen LogP contribution is 2.42. The molecule has 0 aliphatic rings. The Balaban J connectivity index is 2.23. The fourth-order valence-electron chi connectivity index (χ4n) is 2.52. The van der Waals surface area contributed by atoms with Gasteiger partial charge < -0.3 is 0 Å². The summed E-state index contributed by atoms with van der Waals surface area (Å²) in [5, 5.41) is 0. The molecule has 0 bridgehead atoms. The van der Waals surface area contributed by atoms with Gasteiger partial charge in [0, 0.05) is 0 Å². The van der Waals surface area contributed by atoms with E-state index < -0.39 is 0 Å². The van der Waals surface area contributed by atoms with Crippen molar-refractivity contribution in [2.24, 2.45) is 0 Å². The summed E-state index contributed by atoms with van der Waals surface area (Å²) in [7, 11) is -0.267. The molecule has 0 saturated heterocycles. The van der Waals surface area contributed by atoms with Crippen molar-refractivity contribution in [3.63, 3.8) is 0 Å². The topological polar surface area (TPSA) is 0 Å². The Morgan fingerprint density at radius 1 is 0.545 bits per heavy atom. The van der Waals surface area contributed by atoms with Crippen LogP contribution in [0.5, 0.6) is 0 Å². The van der Waals surface area contributed by atoms with E-state index in [4.69, 9.17) is 0 Å². The van der Waals surface area contributed by atoms with Crippen LogP contribution in [0.3, 0.4) is 0 Å². The quantitative estimate of drug-likeness (QED) is 0.615. The van der Waals surface area contributed by atoms with E-state index in [1.165, 1.54) is 20.9 Å². The van der Waals surface area contributed by atoms with Crippen LogP contribution in [0.1, 0.15) is 52.7 Å². The zero-order valence-electron chi connectivity index (χ0n) is 15.1. The summed E-state index contributed by atoms with van der Waals surface area (Å²) in [5.74, 6) is 0. The smallest absolute Gasteiger partial charge is 0.00877 e. The summed E-state index contributed by atoms with van der Waals surface area (Å²) in [5.41, 5.74) is 3.26. The van der Waals surface area contributed by atoms with Gasteiger partial charge in [0.15, 0.2) is 0 Å². The lowest BCUT2D eigenvalue weighted by Gasteiger charge is -2.23. The highest BCUT2D eigenvalue weighted by molar-refractivity contribution is 8.16. The standard InChI is InChI=1S/C21H30S/c1-20(2,3)16-8-12-18(13-9-16)22(7)19-14-10-17(11-15-19)21(4,5)6/h8-15,22H,1-7H3. The number of hydrogen-bond donors (Lipinski definition) is 1. The predicted octanol–water partition coefficient (Wildman–Crippen LogP) is 6.33. The summed E-state index contributed by atoms with van der Waals surface area (Å²) in [6.45, 7) is 13.6. The molecule has 0 unspecified atom stereocenters. The van der Waals surface area contributed by atoms with Crippen molar-refractivity contribution in [3.8, 4) is 0 Å². The molecule has 0 saturated carbocycles. The molecule has 2 aromatic rings. The molecule has 0 N–H and O–H groups in total. The minimum atomic E-state index is -0.267. The molecule has 22 heavy (non-hydrogen) atoms. The third-order valence-electron chi connectivity index (χ3n) is 4.24. The van der Waals surface area contributed by atoms with Gasteiger partial charge in [0.05, 0.1) is 0 Å². The predicted molar refractivity (Wildman–Crippen MR) is 102 cm³/mol. The van der Waals surface area contributed by atoms with Crippen LogP contribution in [0.15, 0.2) is 58.3 Å². The molecule has 2 aromatic carbocycles. The zero-order chi connectivity index (χ0) is 16.5. The Morgan fingerprint density at radius 2 is 0.818 bits per heavy atom. The van der Waals surface area contributed by atoms with Gasteiger partial charge in [-0.05, 0) is 62.3 Å². The summed E-state index contributed by atoms with van der Waals surface area (Å²) >= 11 is 0. The Kier molecular flexibility index (Phi) is 4.77. The van der Waals surface area contributed by atoms with Crippen molar-refractivity contribution in [3.05, 3.63) is 59.7 Å². The van der Waals surface area contributed by atoms with Gasteiger partial charge in [-0.2, -0.15) is 0 Å². The molecule has 0 radical (unpaired) electrons. The van der Waals surface area contributed by atoms with Gasteiger partial charge in [0.25, 0.3) is 0 Å². The average molecular weight is 315 g/mol. The van der Waals surface area contributed by atoms with Crippen molar-refractivity contribution < 1.29 is 0 Å². The van der Waals surface area contributed by atoms with Gasteiger partial charge in [-0.1, -0.05) is 65.8 Å². The first kappa shape index (κ1) is 17.1. The normalized spacial score (nSPS) is 13.1. The van der Waals surface area contributed by atoms with Gasteiger partial charge >= 0.3 is 0 Å². The summed E-state index contributed by atoms with van der Waals surface area (Å²) in [4.78, 5) is 2.90. The second-order valence-electron chi connectivity index (χ2n) is 8.15. The van der Waals surface area contributed by atoms with Gasteiger partial charge in [-0.3, -0.25) is 0 Å². The maximum absolute atomic E-state index is 2.35. The number of thiol groups is 1. The fourth-order valence-corrected chi connectivity index (χ4v) is 4.01. The van der Waals surface area contributed by atoms with Crippen LogP contribution >= 0.6 is 10.9 Å². The fraction of sp³-hybridized carbons (Fsp3) is 0.429. The molecule has 2 rings (SSSR count). The van der Waals surface area contributed by atoms with Crippen LogP contribution in [0.25, 0.3) is 0 Å². The molecule has 0 aliphatic heterocycles. The lowest BCUT2D eigenvalue weighted by Crippen LogP contribution is -2.10. The monoisotopic (exact) mass is 314 g/mol. The second-order valence-corrected chi connectivity index (χ2v) is 10.3. The van der Waals surface area contributed by atoms with E-state index in [1.807, 2.05) is 0 Å². The van der Waals surface area contributed by atoms with E-state index in [1.54, 1.807) is 0 Å². The van der Waals surface area contributed by atoms with Gasteiger partial charge in [0.2, 0.25) is 0 Å². The minimum Gasteiger partial charge on any atom is -0.203 e. The van der Waals surface area contributed by atoms with Crippen molar-refractivity contribution in [2.45, 2.75) is 62.2 Å². The van der Waals surface area contributed by atoms with Crippen LogP contribution in [-0.4, -0.2) is 6.26 Å². The number of hydrogen-bond acceptors (Lipinski definition) is 0. The lowest BCUT2D eigenvalue weighted by atomic mass is 9.87. The number of benzene rings is 2. The molecule has 0 aromatic heterocycles. The molecular weight excluding hydrogens is 284 g/mol. The Bertz CT molecular complexity index is 549. The maximum atomic E-state index is 2.35. The van der Waals surface area contributed by atoms with Crippen LogP contribution in [0, 0.1) is 0 Å². The van der Waals surface area contributed by atoms with E-state index in [0.29, 0.717) is 0 Å². The lowest BCUT2D eigenvalue weighted by molar-refractivity contribution is 0.589. The van der Waals surface area contributed by atoms with Crippen LogP contribution in [-0.2, 0) is 10.8 Å². The van der Waals surface area contributed by atoms with Crippen molar-refractivity contribution >= 4 is 10.9 Å². The molecule has 0 fully saturated rings. The molecule has 1 heteroatoms. The van der Waals surface area contributed by atoms with Crippen LogP contribution in [0.2, 0.25) is 0 Å². The summed E-state index contributed by atoms with van der Waals surface area (Å²) in [6, 6.07) is 18.4. The van der Waals surface area contributed by atoms with E-state index in [2.05, 4.69) is 96.3 Å². The molecule has 0 atom stereocenters. The molecule has 0 spiro atoms. The Morgan fingerprint density at radius 3 is 1.05 bits per heavy atom. The third kappa shape index (κ3) is 3.95. The van der Waals surface area contributed by atoms with Gasteiger partial charge in [0.1, 0.15) is 0 Å². The van der Waals surface area contributed by atoms with Crippen molar-refractivity contribution in [1.29, 1.82) is 0 Å². The first-order valence-electron chi connectivity index (χ1n) is 8.04. The zero-order valence-corrected chi connectivity index (χ0v) is 16.0. The molecule has 0 amide bonds. The third-order valence-corrected chi connectivity index (χ3v) is 6.39. The van der Waals surface area contributed by atoms with E-state index in [-0.39, 0.29) is 21.7 Å². The highest BCUT2D eigenvalue weighted by Gasteiger charge is 2.15. The van der Waals surface area contributed by atoms with E-state index >= 15 is 0 Å². The van der Waals surface area contributed by atoms with Gasteiger partial charge in [-0.15, -0.1) is 0 Å². The Labute approximate surface area is 139 Å². The first-order valence-corrected chi connectivity index (χ1v) is 9.83. The van der Waals surface area contributed by atoms with E-state index in [9.17, 15) is 0 Å². The highest BCUT2D eigenvalue weighted by atomic mass is 32.2. The molecule has 0 aliphatic carbocycles. The van der Waals surface area contributed by atoms with E-state index in [0.717, 1.165) is 0 Å². The SMILES string of the molecule is C[SH](c1ccc(C(C)(C)C)cc1)c1ccc(C(C)(C)C)cc1. The van der Waals surface area contributed by atoms with Crippen LogP contribution in [0.4, 0.5) is 0 Å². The summed E-state index contributed by atoms with van der Waals surface area (Å²) in [6.07, 6.45) is 2.35. The summed E-state index contributed by atoms with van der Waals surface area (Å²) < 4.78 is 0. The van der Waals surface area contributed by atoms with Gasteiger partial charge in [-0.25, -0.2) is 10.9 Å².